The molecule has 1 aliphatic carbocycles. The maximum atomic E-state index is 13.2. The van der Waals surface area contributed by atoms with Crippen LogP contribution in [0.25, 0.3) is 5.57 Å². The highest BCUT2D eigenvalue weighted by Gasteiger charge is 2.44. The predicted molar refractivity (Wildman–Crippen MR) is 112 cm³/mol. The van der Waals surface area contributed by atoms with E-state index in [-0.39, 0.29) is 18.3 Å². The zero-order chi connectivity index (χ0) is 22.5. The number of rotatable bonds is 2. The molecule has 1 fully saturated rings. The molecule has 2 aromatic rings. The van der Waals surface area contributed by atoms with E-state index >= 15 is 0 Å². The molecule has 2 aromatic carbocycles. The number of nitrogens with one attached hydrogen (secondary N) is 3. The van der Waals surface area contributed by atoms with Gasteiger partial charge in [0.05, 0.1) is 5.56 Å². The van der Waals surface area contributed by atoms with E-state index in [2.05, 4.69) is 16.0 Å². The van der Waals surface area contributed by atoms with Crippen molar-refractivity contribution < 1.29 is 27.5 Å². The molecule has 6 nitrogen and oxygen atoms in total. The Morgan fingerprint density at radius 2 is 2.00 bits per heavy atom. The number of amides is 3. The second kappa shape index (κ2) is 7.29. The van der Waals surface area contributed by atoms with Gasteiger partial charge in [-0.15, -0.1) is 0 Å². The number of carbonyl (C=O) groups is 2. The second-order valence-electron chi connectivity index (χ2n) is 8.32. The number of benzene rings is 2. The van der Waals surface area contributed by atoms with Gasteiger partial charge in [0.25, 0.3) is 0 Å². The third-order valence-corrected chi connectivity index (χ3v) is 6.17. The monoisotopic (exact) mass is 443 g/mol. The minimum absolute atomic E-state index is 0.161. The van der Waals surface area contributed by atoms with Crippen LogP contribution in [0.3, 0.4) is 0 Å². The molecule has 0 bridgehead atoms. The van der Waals surface area contributed by atoms with Crippen LogP contribution in [-0.4, -0.2) is 17.5 Å². The molecular weight excluding hydrogens is 423 g/mol. The number of halogens is 3. The first-order chi connectivity index (χ1) is 15.2. The van der Waals surface area contributed by atoms with E-state index in [9.17, 15) is 22.8 Å². The number of carbonyl (C=O) groups excluding carboxylic acids is 2. The Morgan fingerprint density at radius 3 is 2.72 bits per heavy atom. The van der Waals surface area contributed by atoms with Crippen LogP contribution in [0, 0.1) is 0 Å². The van der Waals surface area contributed by atoms with Crippen molar-refractivity contribution >= 4 is 28.9 Å². The molecule has 3 amide bonds. The third-order valence-electron chi connectivity index (χ3n) is 6.17. The van der Waals surface area contributed by atoms with Crippen LogP contribution in [0.1, 0.15) is 42.4 Å². The van der Waals surface area contributed by atoms with E-state index in [0.717, 1.165) is 37.0 Å². The van der Waals surface area contributed by atoms with E-state index in [4.69, 9.17) is 4.74 Å². The van der Waals surface area contributed by atoms with Gasteiger partial charge < -0.3 is 20.7 Å². The van der Waals surface area contributed by atoms with Gasteiger partial charge in [0, 0.05) is 41.5 Å². The molecule has 2 heterocycles. The van der Waals surface area contributed by atoms with Crippen LogP contribution in [0.15, 0.2) is 42.5 Å². The fraction of sp³-hybridized carbons (Fsp3) is 0.304. The fourth-order valence-electron chi connectivity index (χ4n) is 4.41. The smallest absolute Gasteiger partial charge is 0.416 e. The summed E-state index contributed by atoms with van der Waals surface area (Å²) in [6.07, 6.45) is -0.174. The lowest BCUT2D eigenvalue weighted by atomic mass is 9.72. The molecular formula is C23H20F3N3O3. The van der Waals surface area contributed by atoms with Crippen molar-refractivity contribution in [2.24, 2.45) is 0 Å². The molecule has 166 valence electrons. The summed E-state index contributed by atoms with van der Waals surface area (Å²) in [5.74, 6) is -0.235. The van der Waals surface area contributed by atoms with Crippen molar-refractivity contribution in [1.82, 2.24) is 5.32 Å². The second-order valence-corrected chi connectivity index (χ2v) is 8.32. The van der Waals surface area contributed by atoms with Crippen LogP contribution in [-0.2, 0) is 17.5 Å². The first-order valence-corrected chi connectivity index (χ1v) is 10.3. The molecule has 0 saturated heterocycles. The maximum Gasteiger partial charge on any atom is 0.416 e. The number of fused-ring (bicyclic) bond motifs is 2. The number of anilines is 2. The molecule has 0 unspecified atom stereocenters. The average Bonchev–Trinajstić information content (AvgIpc) is 2.71. The summed E-state index contributed by atoms with van der Waals surface area (Å²) in [6.45, 7) is 0.272. The Labute approximate surface area is 181 Å². The van der Waals surface area contributed by atoms with Gasteiger partial charge >= 0.3 is 12.2 Å². The molecule has 2 aliphatic heterocycles. The molecule has 0 radical (unpaired) electrons. The molecule has 9 heteroatoms. The molecule has 0 aromatic heterocycles. The maximum absolute atomic E-state index is 13.2. The Morgan fingerprint density at radius 1 is 1.19 bits per heavy atom. The van der Waals surface area contributed by atoms with Gasteiger partial charge in [0.1, 0.15) is 11.4 Å². The van der Waals surface area contributed by atoms with Crippen molar-refractivity contribution in [3.63, 3.8) is 0 Å². The summed E-state index contributed by atoms with van der Waals surface area (Å²) in [5, 5.41) is 8.19. The van der Waals surface area contributed by atoms with Crippen LogP contribution in [0.5, 0.6) is 5.75 Å². The number of alkyl halides is 3. The summed E-state index contributed by atoms with van der Waals surface area (Å²) >= 11 is 0. The highest BCUT2D eigenvalue weighted by molar-refractivity contribution is 6.06. The number of hydrogen-bond donors (Lipinski definition) is 3. The van der Waals surface area contributed by atoms with Crippen LogP contribution >= 0.6 is 0 Å². The van der Waals surface area contributed by atoms with E-state index in [1.54, 1.807) is 18.2 Å². The van der Waals surface area contributed by atoms with Crippen LogP contribution in [0.2, 0.25) is 0 Å². The lowest BCUT2D eigenvalue weighted by molar-refractivity contribution is -0.138. The molecule has 3 aliphatic rings. The number of urea groups is 1. The highest BCUT2D eigenvalue weighted by Crippen LogP contribution is 2.50. The molecule has 3 N–H and O–H groups in total. The quantitative estimate of drug-likeness (QED) is 0.567. The van der Waals surface area contributed by atoms with E-state index in [1.807, 2.05) is 0 Å². The largest absolute Gasteiger partial charge is 0.486 e. The Balaban J connectivity index is 1.46. The summed E-state index contributed by atoms with van der Waals surface area (Å²) in [4.78, 5) is 24.4. The average molecular weight is 443 g/mol. The minimum Gasteiger partial charge on any atom is -0.486 e. The third kappa shape index (κ3) is 3.68. The molecule has 1 saturated carbocycles. The lowest BCUT2D eigenvalue weighted by Gasteiger charge is -2.46. The van der Waals surface area contributed by atoms with Crippen molar-refractivity contribution in [2.75, 3.05) is 10.6 Å². The van der Waals surface area contributed by atoms with Gasteiger partial charge in [0.2, 0.25) is 5.91 Å². The van der Waals surface area contributed by atoms with Gasteiger partial charge in [-0.05, 0) is 49.1 Å². The minimum atomic E-state index is -4.47. The number of hydrogen-bond acceptors (Lipinski definition) is 3. The summed E-state index contributed by atoms with van der Waals surface area (Å²) < 4.78 is 45.6. The first kappa shape index (κ1) is 20.4. The van der Waals surface area contributed by atoms with Crippen molar-refractivity contribution in [3.8, 4) is 5.75 Å². The Kier molecular flexibility index (Phi) is 4.65. The van der Waals surface area contributed by atoms with Crippen molar-refractivity contribution in [2.45, 2.75) is 44.0 Å². The molecule has 5 rings (SSSR count). The van der Waals surface area contributed by atoms with Gasteiger partial charge in [-0.25, -0.2) is 4.79 Å². The highest BCUT2D eigenvalue weighted by atomic mass is 19.4. The summed E-state index contributed by atoms with van der Waals surface area (Å²) in [5.41, 5.74) is 1.73. The normalized spacial score (nSPS) is 19.7. The summed E-state index contributed by atoms with van der Waals surface area (Å²) in [7, 11) is 0. The lowest BCUT2D eigenvalue weighted by Crippen LogP contribution is -2.45. The van der Waals surface area contributed by atoms with E-state index in [1.165, 1.54) is 12.1 Å². The zero-order valence-corrected chi connectivity index (χ0v) is 16.9. The standard InChI is InChI=1S/C23H20F3N3O3/c24-23(25,26)14-5-6-15-13(11-22(7-2-8-22)32-19(15)10-14)9-20(30)28-17-3-1-4-18-16(17)12-27-21(31)29-18/h1,3-6,9-10H,2,7-8,11-12H2,(H,28,30)(H2,27,29,31)/b13-9+. The fourth-order valence-corrected chi connectivity index (χ4v) is 4.41. The van der Waals surface area contributed by atoms with E-state index in [0.29, 0.717) is 28.9 Å². The van der Waals surface area contributed by atoms with Gasteiger partial charge in [0.15, 0.2) is 0 Å². The predicted octanol–water partition coefficient (Wildman–Crippen LogP) is 5.07. The van der Waals surface area contributed by atoms with Crippen molar-refractivity contribution in [3.05, 3.63) is 59.2 Å². The molecule has 32 heavy (non-hydrogen) atoms. The van der Waals surface area contributed by atoms with Crippen molar-refractivity contribution in [1.29, 1.82) is 0 Å². The Hall–Kier alpha value is -3.49. The van der Waals surface area contributed by atoms with E-state index < -0.39 is 23.2 Å². The van der Waals surface area contributed by atoms with Crippen LogP contribution < -0.4 is 20.7 Å². The Bertz CT molecular complexity index is 1150. The molecule has 1 spiro atoms. The zero-order valence-electron chi connectivity index (χ0n) is 16.9. The van der Waals surface area contributed by atoms with Gasteiger partial charge in [-0.1, -0.05) is 12.1 Å². The topological polar surface area (TPSA) is 79.5 Å². The summed E-state index contributed by atoms with van der Waals surface area (Å²) in [6, 6.07) is 8.28. The molecule has 0 atom stereocenters. The van der Waals surface area contributed by atoms with Crippen LogP contribution in [0.4, 0.5) is 29.3 Å². The first-order valence-electron chi connectivity index (χ1n) is 10.3. The van der Waals surface area contributed by atoms with Gasteiger partial charge in [-0.3, -0.25) is 4.79 Å². The number of ether oxygens (including phenoxy) is 1. The van der Waals surface area contributed by atoms with Gasteiger partial charge in [-0.2, -0.15) is 13.2 Å². The SMILES string of the molecule is O=C(/C=C1\CC2(CCC2)Oc2cc(C(F)(F)F)ccc21)Nc1cccc2c1CNC(=O)N2.